The maximum Gasteiger partial charge on any atom is 0.233 e. The summed E-state index contributed by atoms with van der Waals surface area (Å²) in [6.45, 7) is 10.1. The van der Waals surface area contributed by atoms with E-state index in [4.69, 9.17) is 0 Å². The highest BCUT2D eigenvalue weighted by Crippen LogP contribution is 2.29. The molecule has 1 amide bonds. The summed E-state index contributed by atoms with van der Waals surface area (Å²) in [5.41, 5.74) is 0. The van der Waals surface area contributed by atoms with Crippen molar-refractivity contribution in [2.45, 2.75) is 59.4 Å². The van der Waals surface area contributed by atoms with E-state index in [1.54, 1.807) is 0 Å². The molecule has 2 atom stereocenters. The van der Waals surface area contributed by atoms with Gasteiger partial charge in [-0.3, -0.25) is 4.79 Å². The Kier molecular flexibility index (Phi) is 6.69. The first-order valence-electron chi connectivity index (χ1n) is 7.50. The Bertz CT molecular complexity index is 251. The lowest BCUT2D eigenvalue weighted by atomic mass is 9.78. The second-order valence-corrected chi connectivity index (χ2v) is 6.38. The van der Waals surface area contributed by atoms with Crippen LogP contribution in [0.25, 0.3) is 0 Å². The van der Waals surface area contributed by atoms with Crippen LogP contribution in [-0.4, -0.2) is 25.0 Å². The molecule has 1 fully saturated rings. The zero-order chi connectivity index (χ0) is 13.5. The highest BCUT2D eigenvalue weighted by molar-refractivity contribution is 5.78. The molecule has 0 spiro atoms. The molecule has 3 nitrogen and oxygen atoms in total. The Morgan fingerprint density at radius 1 is 1.17 bits per heavy atom. The van der Waals surface area contributed by atoms with Gasteiger partial charge in [0.05, 0.1) is 6.54 Å². The van der Waals surface area contributed by atoms with Crippen LogP contribution in [0.1, 0.15) is 53.4 Å². The van der Waals surface area contributed by atoms with E-state index >= 15 is 0 Å². The molecule has 1 rings (SSSR count). The number of amides is 1. The monoisotopic (exact) mass is 254 g/mol. The van der Waals surface area contributed by atoms with Gasteiger partial charge in [-0.15, -0.1) is 0 Å². The smallest absolute Gasteiger partial charge is 0.233 e. The summed E-state index contributed by atoms with van der Waals surface area (Å²) in [5, 5.41) is 6.43. The second-order valence-electron chi connectivity index (χ2n) is 6.38. The van der Waals surface area contributed by atoms with Gasteiger partial charge < -0.3 is 10.6 Å². The minimum absolute atomic E-state index is 0.136. The molecule has 0 aliphatic heterocycles. The van der Waals surface area contributed by atoms with Crippen molar-refractivity contribution >= 4 is 5.91 Å². The van der Waals surface area contributed by atoms with Crippen molar-refractivity contribution in [3.05, 3.63) is 0 Å². The van der Waals surface area contributed by atoms with Crippen molar-refractivity contribution in [3.8, 4) is 0 Å². The van der Waals surface area contributed by atoms with Crippen LogP contribution in [0.4, 0.5) is 0 Å². The summed E-state index contributed by atoms with van der Waals surface area (Å²) in [7, 11) is 0. The maximum atomic E-state index is 11.7. The fraction of sp³-hybridized carbons (Fsp3) is 0.933. The molecule has 3 heteroatoms. The number of carbonyl (C=O) groups is 1. The van der Waals surface area contributed by atoms with Crippen molar-refractivity contribution in [1.29, 1.82) is 0 Å². The van der Waals surface area contributed by atoms with Crippen LogP contribution in [-0.2, 0) is 4.79 Å². The van der Waals surface area contributed by atoms with E-state index in [1.807, 2.05) is 0 Å². The van der Waals surface area contributed by atoms with E-state index in [0.717, 1.165) is 12.5 Å². The molecule has 1 saturated carbocycles. The molecule has 0 heterocycles. The SMILES string of the molecule is CC(C)CNC(=O)CNC1CCCCC1C(C)C. The Morgan fingerprint density at radius 3 is 2.44 bits per heavy atom. The third-order valence-corrected chi connectivity index (χ3v) is 3.91. The lowest BCUT2D eigenvalue weighted by molar-refractivity contribution is -0.120. The van der Waals surface area contributed by atoms with Crippen molar-refractivity contribution in [1.82, 2.24) is 10.6 Å². The zero-order valence-corrected chi connectivity index (χ0v) is 12.5. The van der Waals surface area contributed by atoms with Crippen molar-refractivity contribution in [2.24, 2.45) is 17.8 Å². The number of hydrogen-bond donors (Lipinski definition) is 2. The highest BCUT2D eigenvalue weighted by atomic mass is 16.1. The van der Waals surface area contributed by atoms with Crippen LogP contribution in [0, 0.1) is 17.8 Å². The summed E-state index contributed by atoms with van der Waals surface area (Å²) in [6.07, 6.45) is 5.18. The van der Waals surface area contributed by atoms with Crippen LogP contribution in [0.15, 0.2) is 0 Å². The minimum Gasteiger partial charge on any atom is -0.355 e. The van der Waals surface area contributed by atoms with Crippen LogP contribution in [0.2, 0.25) is 0 Å². The standard InChI is InChI=1S/C15H30N2O/c1-11(2)9-17-15(18)10-16-14-8-6-5-7-13(14)12(3)4/h11-14,16H,5-10H2,1-4H3,(H,17,18). The molecule has 0 radical (unpaired) electrons. The molecule has 0 aromatic heterocycles. The van der Waals surface area contributed by atoms with Gasteiger partial charge in [-0.05, 0) is 30.6 Å². The van der Waals surface area contributed by atoms with E-state index < -0.39 is 0 Å². The lowest BCUT2D eigenvalue weighted by Gasteiger charge is -2.35. The number of nitrogens with one attached hydrogen (secondary N) is 2. The second kappa shape index (κ2) is 7.78. The Balaban J connectivity index is 2.29. The Morgan fingerprint density at radius 2 is 1.83 bits per heavy atom. The maximum absolute atomic E-state index is 11.7. The first-order chi connectivity index (χ1) is 8.50. The van der Waals surface area contributed by atoms with Crippen LogP contribution >= 0.6 is 0 Å². The number of hydrogen-bond acceptors (Lipinski definition) is 2. The van der Waals surface area contributed by atoms with E-state index in [9.17, 15) is 4.79 Å². The van der Waals surface area contributed by atoms with Gasteiger partial charge in [0.25, 0.3) is 0 Å². The molecule has 106 valence electrons. The largest absolute Gasteiger partial charge is 0.355 e. The van der Waals surface area contributed by atoms with Gasteiger partial charge in [0.15, 0.2) is 0 Å². The summed E-state index contributed by atoms with van der Waals surface area (Å²) < 4.78 is 0. The first-order valence-corrected chi connectivity index (χ1v) is 7.50. The van der Waals surface area contributed by atoms with Crippen molar-refractivity contribution < 1.29 is 4.79 Å². The van der Waals surface area contributed by atoms with Gasteiger partial charge in [0.1, 0.15) is 0 Å². The van der Waals surface area contributed by atoms with E-state index in [-0.39, 0.29) is 5.91 Å². The van der Waals surface area contributed by atoms with Crippen LogP contribution in [0.3, 0.4) is 0 Å². The molecule has 1 aliphatic carbocycles. The lowest BCUT2D eigenvalue weighted by Crippen LogP contribution is -2.45. The summed E-state index contributed by atoms with van der Waals surface area (Å²) >= 11 is 0. The number of carbonyl (C=O) groups excluding carboxylic acids is 1. The van der Waals surface area contributed by atoms with Crippen molar-refractivity contribution in [3.63, 3.8) is 0 Å². The normalized spacial score (nSPS) is 24.6. The molecule has 2 unspecified atom stereocenters. The Hall–Kier alpha value is -0.570. The third kappa shape index (κ3) is 5.38. The average molecular weight is 254 g/mol. The van der Waals surface area contributed by atoms with Gasteiger partial charge in [-0.2, -0.15) is 0 Å². The molecule has 0 bridgehead atoms. The van der Waals surface area contributed by atoms with E-state index in [1.165, 1.54) is 25.7 Å². The zero-order valence-electron chi connectivity index (χ0n) is 12.5. The molecular formula is C15H30N2O. The third-order valence-electron chi connectivity index (χ3n) is 3.91. The number of rotatable bonds is 6. The van der Waals surface area contributed by atoms with Gasteiger partial charge in [-0.25, -0.2) is 0 Å². The molecule has 0 saturated heterocycles. The predicted octanol–water partition coefficient (Wildman–Crippen LogP) is 2.56. The molecule has 18 heavy (non-hydrogen) atoms. The quantitative estimate of drug-likeness (QED) is 0.765. The topological polar surface area (TPSA) is 41.1 Å². The minimum atomic E-state index is 0.136. The average Bonchev–Trinajstić information content (AvgIpc) is 2.34. The molecule has 0 aromatic carbocycles. The van der Waals surface area contributed by atoms with Crippen LogP contribution in [0.5, 0.6) is 0 Å². The van der Waals surface area contributed by atoms with E-state index in [2.05, 4.69) is 38.3 Å². The van der Waals surface area contributed by atoms with Gasteiger partial charge >= 0.3 is 0 Å². The Labute approximate surface area is 112 Å². The van der Waals surface area contributed by atoms with Gasteiger partial charge in [-0.1, -0.05) is 40.5 Å². The van der Waals surface area contributed by atoms with E-state index in [0.29, 0.717) is 24.4 Å². The molecule has 2 N–H and O–H groups in total. The first kappa shape index (κ1) is 15.5. The van der Waals surface area contributed by atoms with Gasteiger partial charge in [0, 0.05) is 12.6 Å². The molecule has 1 aliphatic rings. The van der Waals surface area contributed by atoms with Crippen molar-refractivity contribution in [2.75, 3.05) is 13.1 Å². The summed E-state index contributed by atoms with van der Waals surface area (Å²) in [6, 6.07) is 0.531. The summed E-state index contributed by atoms with van der Waals surface area (Å²) in [4.78, 5) is 11.7. The highest BCUT2D eigenvalue weighted by Gasteiger charge is 2.27. The van der Waals surface area contributed by atoms with Crippen LogP contribution < -0.4 is 10.6 Å². The molecule has 0 aromatic rings. The predicted molar refractivity (Wildman–Crippen MR) is 76.4 cm³/mol. The fourth-order valence-corrected chi connectivity index (χ4v) is 2.82. The van der Waals surface area contributed by atoms with Gasteiger partial charge in [0.2, 0.25) is 5.91 Å². The molecular weight excluding hydrogens is 224 g/mol. The fourth-order valence-electron chi connectivity index (χ4n) is 2.82. The summed E-state index contributed by atoms with van der Waals surface area (Å²) in [5.74, 6) is 2.10.